The Bertz CT molecular complexity index is 854. The van der Waals surface area contributed by atoms with Crippen molar-refractivity contribution in [2.45, 2.75) is 32.7 Å². The third-order valence-corrected chi connectivity index (χ3v) is 4.56. The van der Waals surface area contributed by atoms with Gasteiger partial charge in [-0.2, -0.15) is 5.10 Å². The lowest BCUT2D eigenvalue weighted by Gasteiger charge is -2.23. The Kier molecular flexibility index (Phi) is 3.25. The van der Waals surface area contributed by atoms with E-state index in [0.29, 0.717) is 11.9 Å². The third kappa shape index (κ3) is 2.25. The molecule has 0 aliphatic carbocycles. The van der Waals surface area contributed by atoms with Crippen LogP contribution < -0.4 is 4.90 Å². The molecule has 0 spiro atoms. The van der Waals surface area contributed by atoms with Crippen LogP contribution in [-0.2, 0) is 7.05 Å². The molecule has 1 aliphatic heterocycles. The first-order valence-corrected chi connectivity index (χ1v) is 8.04. The lowest BCUT2D eigenvalue weighted by Crippen LogP contribution is -2.27. The molecule has 0 unspecified atom stereocenters. The summed E-state index contributed by atoms with van der Waals surface area (Å²) in [5.74, 6) is 1.65. The molecule has 4 rings (SSSR count). The van der Waals surface area contributed by atoms with Gasteiger partial charge in [-0.05, 0) is 38.8 Å². The molecule has 0 saturated carbocycles. The fourth-order valence-electron chi connectivity index (χ4n) is 3.38. The molecule has 1 aliphatic rings. The highest BCUT2D eigenvalue weighted by Crippen LogP contribution is 2.33. The number of anilines is 1. The summed E-state index contributed by atoms with van der Waals surface area (Å²) in [6.07, 6.45) is 4.17. The lowest BCUT2D eigenvalue weighted by atomic mass is 10.2. The van der Waals surface area contributed by atoms with Crippen LogP contribution in [0.1, 0.15) is 25.5 Å². The van der Waals surface area contributed by atoms with E-state index in [9.17, 15) is 0 Å². The highest BCUT2D eigenvalue weighted by Gasteiger charge is 2.27. The minimum atomic E-state index is 0.490. The molecule has 1 saturated heterocycles. The van der Waals surface area contributed by atoms with E-state index >= 15 is 0 Å². The Morgan fingerprint density at radius 1 is 1.22 bits per heavy atom. The highest BCUT2D eigenvalue weighted by atomic mass is 15.3. The first kappa shape index (κ1) is 14.1. The van der Waals surface area contributed by atoms with Gasteiger partial charge in [-0.15, -0.1) is 0 Å². The van der Waals surface area contributed by atoms with E-state index in [-0.39, 0.29) is 0 Å². The fraction of sp³-hybridized carbons (Fsp3) is 0.412. The summed E-state index contributed by atoms with van der Waals surface area (Å²) in [5, 5.41) is 5.61. The van der Waals surface area contributed by atoms with Crippen molar-refractivity contribution in [3.63, 3.8) is 0 Å². The molecule has 118 valence electrons. The molecule has 6 nitrogen and oxygen atoms in total. The summed E-state index contributed by atoms with van der Waals surface area (Å²) in [7, 11) is 1.93. The van der Waals surface area contributed by atoms with E-state index in [1.807, 2.05) is 36.9 Å². The average molecular weight is 308 g/mol. The summed E-state index contributed by atoms with van der Waals surface area (Å²) in [6.45, 7) is 5.31. The Morgan fingerprint density at radius 3 is 2.78 bits per heavy atom. The Morgan fingerprint density at radius 2 is 2.09 bits per heavy atom. The van der Waals surface area contributed by atoms with Gasteiger partial charge in [0.2, 0.25) is 0 Å². The number of aromatic nitrogens is 5. The monoisotopic (exact) mass is 308 g/mol. The van der Waals surface area contributed by atoms with Gasteiger partial charge >= 0.3 is 0 Å². The first-order valence-electron chi connectivity index (χ1n) is 8.04. The van der Waals surface area contributed by atoms with Gasteiger partial charge in [0.15, 0.2) is 11.5 Å². The molecule has 0 amide bonds. The third-order valence-electron chi connectivity index (χ3n) is 4.56. The minimum absolute atomic E-state index is 0.490. The zero-order chi connectivity index (χ0) is 16.0. The van der Waals surface area contributed by atoms with Crippen molar-refractivity contribution in [3.8, 4) is 11.5 Å². The molecule has 0 N–H and O–H groups in total. The van der Waals surface area contributed by atoms with E-state index in [1.54, 1.807) is 6.20 Å². The summed E-state index contributed by atoms with van der Waals surface area (Å²) >= 11 is 0. The second-order valence-corrected chi connectivity index (χ2v) is 6.18. The quantitative estimate of drug-likeness (QED) is 0.728. The predicted octanol–water partition coefficient (Wildman–Crippen LogP) is 2.72. The second kappa shape index (κ2) is 5.30. The van der Waals surface area contributed by atoms with Crippen LogP contribution >= 0.6 is 0 Å². The molecule has 23 heavy (non-hydrogen) atoms. The maximum Gasteiger partial charge on any atom is 0.182 e. The van der Waals surface area contributed by atoms with Crippen molar-refractivity contribution in [1.29, 1.82) is 0 Å². The van der Waals surface area contributed by atoms with Crippen LogP contribution in [0.15, 0.2) is 24.4 Å². The van der Waals surface area contributed by atoms with Crippen molar-refractivity contribution < 1.29 is 0 Å². The molecule has 0 aromatic carbocycles. The van der Waals surface area contributed by atoms with Gasteiger partial charge in [0.1, 0.15) is 11.5 Å². The summed E-state index contributed by atoms with van der Waals surface area (Å²) < 4.78 is 1.84. The topological polar surface area (TPSA) is 59.7 Å². The number of hydrogen-bond donors (Lipinski definition) is 0. The van der Waals surface area contributed by atoms with Gasteiger partial charge in [-0.1, -0.05) is 6.07 Å². The standard InChI is InChI=1S/C17H20N6/c1-11-7-6-10-23(11)17-14-12(2)21-22(3)16(14)19-15(20-17)13-8-4-5-9-18-13/h4-5,8-9,11H,6-7,10H2,1-3H3/t11-/m1/s1. The lowest BCUT2D eigenvalue weighted by molar-refractivity contribution is 0.729. The number of aryl methyl sites for hydroxylation is 2. The molecule has 0 radical (unpaired) electrons. The van der Waals surface area contributed by atoms with Crippen molar-refractivity contribution in [1.82, 2.24) is 24.7 Å². The Balaban J connectivity index is 1.99. The van der Waals surface area contributed by atoms with Gasteiger partial charge in [-0.3, -0.25) is 9.67 Å². The van der Waals surface area contributed by atoms with Gasteiger partial charge in [0, 0.05) is 25.8 Å². The van der Waals surface area contributed by atoms with Crippen molar-refractivity contribution in [2.75, 3.05) is 11.4 Å². The van der Waals surface area contributed by atoms with Crippen molar-refractivity contribution in [3.05, 3.63) is 30.1 Å². The molecule has 3 aromatic rings. The van der Waals surface area contributed by atoms with Crippen molar-refractivity contribution >= 4 is 16.9 Å². The van der Waals surface area contributed by atoms with E-state index in [0.717, 1.165) is 34.8 Å². The zero-order valence-corrected chi connectivity index (χ0v) is 13.7. The van der Waals surface area contributed by atoms with Crippen LogP contribution in [0.5, 0.6) is 0 Å². The molecular weight excluding hydrogens is 288 g/mol. The largest absolute Gasteiger partial charge is 0.353 e. The van der Waals surface area contributed by atoms with E-state index in [2.05, 4.69) is 21.9 Å². The molecule has 1 fully saturated rings. The SMILES string of the molecule is Cc1nn(C)c2nc(-c3ccccn3)nc(N3CCC[C@H]3C)c12. The first-order chi connectivity index (χ1) is 11.1. The number of nitrogens with zero attached hydrogens (tertiary/aromatic N) is 6. The zero-order valence-electron chi connectivity index (χ0n) is 13.7. The van der Waals surface area contributed by atoms with Gasteiger partial charge in [0.25, 0.3) is 0 Å². The second-order valence-electron chi connectivity index (χ2n) is 6.18. The van der Waals surface area contributed by atoms with Crippen LogP contribution in [0, 0.1) is 6.92 Å². The summed E-state index contributed by atoms with van der Waals surface area (Å²) in [6, 6.07) is 6.30. The van der Waals surface area contributed by atoms with Gasteiger partial charge < -0.3 is 4.90 Å². The molecule has 6 heteroatoms. The molecular formula is C17H20N6. The van der Waals surface area contributed by atoms with Gasteiger partial charge in [0.05, 0.1) is 11.1 Å². The minimum Gasteiger partial charge on any atom is -0.353 e. The van der Waals surface area contributed by atoms with Crippen LogP contribution in [0.3, 0.4) is 0 Å². The predicted molar refractivity (Wildman–Crippen MR) is 90.3 cm³/mol. The van der Waals surface area contributed by atoms with Crippen LogP contribution in [0.2, 0.25) is 0 Å². The fourth-order valence-corrected chi connectivity index (χ4v) is 3.38. The Hall–Kier alpha value is -2.50. The maximum absolute atomic E-state index is 4.88. The molecule has 0 bridgehead atoms. The van der Waals surface area contributed by atoms with E-state index in [4.69, 9.17) is 9.97 Å². The number of fused-ring (bicyclic) bond motifs is 1. The van der Waals surface area contributed by atoms with Crippen LogP contribution in [-0.4, -0.2) is 37.3 Å². The summed E-state index contributed by atoms with van der Waals surface area (Å²) in [4.78, 5) is 16.4. The van der Waals surface area contributed by atoms with E-state index in [1.165, 1.54) is 12.8 Å². The van der Waals surface area contributed by atoms with E-state index < -0.39 is 0 Å². The maximum atomic E-state index is 4.88. The smallest absolute Gasteiger partial charge is 0.182 e. The van der Waals surface area contributed by atoms with Crippen LogP contribution in [0.4, 0.5) is 5.82 Å². The Labute approximate surface area is 135 Å². The number of hydrogen-bond acceptors (Lipinski definition) is 5. The highest BCUT2D eigenvalue weighted by molar-refractivity contribution is 5.91. The van der Waals surface area contributed by atoms with Crippen molar-refractivity contribution in [2.24, 2.45) is 7.05 Å². The van der Waals surface area contributed by atoms with Gasteiger partial charge in [-0.25, -0.2) is 9.97 Å². The number of pyridine rings is 1. The summed E-state index contributed by atoms with van der Waals surface area (Å²) in [5.41, 5.74) is 2.64. The molecule has 1 atom stereocenters. The molecule has 3 aromatic heterocycles. The van der Waals surface area contributed by atoms with Crippen LogP contribution in [0.25, 0.3) is 22.6 Å². The average Bonchev–Trinajstić information content (AvgIpc) is 3.11. The normalized spacial score (nSPS) is 18.0. The number of rotatable bonds is 2. The molecule has 4 heterocycles.